The molecule has 0 amide bonds. The molecule has 0 atom stereocenters. The van der Waals surface area contributed by atoms with E-state index in [2.05, 4.69) is 0 Å². The highest BCUT2D eigenvalue weighted by Crippen LogP contribution is 2.37. The third-order valence-electron chi connectivity index (χ3n) is 3.03. The number of halogens is 2. The summed E-state index contributed by atoms with van der Waals surface area (Å²) >= 11 is 16.3. The highest BCUT2D eigenvalue weighted by Gasteiger charge is 2.11. The lowest BCUT2D eigenvalue weighted by Crippen LogP contribution is -2.04. The molecule has 0 radical (unpaired) electrons. The molecule has 6 N–H and O–H groups in total. The Balaban J connectivity index is 2.29. The standard InChI is InChI=1S/C16H16Cl2N4S3/c17-11-1-3-13(9(5-11)7-23-15(19)20)25-14-4-2-12(18)6-10(14)8-24-16(21)22/h1-6H,7-8H2,(H3,19,20)(H3,21,22). The summed E-state index contributed by atoms with van der Waals surface area (Å²) in [6.07, 6.45) is 0. The number of nitrogens with one attached hydrogen (secondary N) is 2. The van der Waals surface area contributed by atoms with Gasteiger partial charge in [-0.1, -0.05) is 58.5 Å². The average Bonchev–Trinajstić information content (AvgIpc) is 2.54. The van der Waals surface area contributed by atoms with Crippen LogP contribution in [0.2, 0.25) is 10.0 Å². The summed E-state index contributed by atoms with van der Waals surface area (Å²) in [5.74, 6) is 1.15. The van der Waals surface area contributed by atoms with E-state index in [1.54, 1.807) is 11.8 Å². The van der Waals surface area contributed by atoms with Crippen molar-refractivity contribution in [2.24, 2.45) is 11.5 Å². The molecule has 0 spiro atoms. The quantitative estimate of drug-likeness (QED) is 0.363. The van der Waals surface area contributed by atoms with Crippen LogP contribution >= 0.6 is 58.5 Å². The van der Waals surface area contributed by atoms with E-state index in [9.17, 15) is 0 Å². The maximum Gasteiger partial charge on any atom is 0.151 e. The summed E-state index contributed by atoms with van der Waals surface area (Å²) in [6, 6.07) is 11.4. The fourth-order valence-electron chi connectivity index (χ4n) is 1.95. The average molecular weight is 431 g/mol. The van der Waals surface area contributed by atoms with Crippen molar-refractivity contribution in [3.63, 3.8) is 0 Å². The monoisotopic (exact) mass is 430 g/mol. The molecule has 0 saturated heterocycles. The molecule has 0 aromatic heterocycles. The third kappa shape index (κ3) is 6.67. The number of thioether (sulfide) groups is 2. The maximum atomic E-state index is 7.39. The Bertz CT molecular complexity index is 733. The first-order valence-corrected chi connectivity index (χ1v) is 10.6. The van der Waals surface area contributed by atoms with Crippen molar-refractivity contribution in [2.45, 2.75) is 21.3 Å². The molecule has 9 heteroatoms. The van der Waals surface area contributed by atoms with Crippen LogP contribution in [-0.4, -0.2) is 10.3 Å². The molecule has 0 aliphatic carbocycles. The Labute approximate surface area is 169 Å². The van der Waals surface area contributed by atoms with Gasteiger partial charge in [0, 0.05) is 31.3 Å². The largest absolute Gasteiger partial charge is 0.379 e. The molecular formula is C16H16Cl2N4S3. The summed E-state index contributed by atoms with van der Waals surface area (Å²) in [6.45, 7) is 0. The van der Waals surface area contributed by atoms with Crippen LogP contribution in [0.25, 0.3) is 0 Å². The number of hydrogen-bond acceptors (Lipinski definition) is 5. The number of rotatable bonds is 6. The molecule has 0 saturated carbocycles. The van der Waals surface area contributed by atoms with Gasteiger partial charge in [0.05, 0.1) is 0 Å². The summed E-state index contributed by atoms with van der Waals surface area (Å²) in [4.78, 5) is 2.07. The van der Waals surface area contributed by atoms with Gasteiger partial charge in [-0.2, -0.15) is 0 Å². The summed E-state index contributed by atoms with van der Waals surface area (Å²) < 4.78 is 0. The molecule has 0 bridgehead atoms. The van der Waals surface area contributed by atoms with E-state index in [0.717, 1.165) is 20.9 Å². The van der Waals surface area contributed by atoms with Crippen molar-refractivity contribution < 1.29 is 0 Å². The SMILES string of the molecule is N=C(N)SCc1cc(Cl)ccc1Sc1ccc(Cl)cc1CSC(=N)N. The van der Waals surface area contributed by atoms with Crippen molar-refractivity contribution in [2.75, 3.05) is 0 Å². The van der Waals surface area contributed by atoms with Gasteiger partial charge in [0.2, 0.25) is 0 Å². The van der Waals surface area contributed by atoms with Gasteiger partial charge in [-0.15, -0.1) is 0 Å². The smallest absolute Gasteiger partial charge is 0.151 e. The van der Waals surface area contributed by atoms with Crippen LogP contribution in [0.15, 0.2) is 46.2 Å². The first-order chi connectivity index (χ1) is 11.8. The van der Waals surface area contributed by atoms with Crippen LogP contribution in [0, 0.1) is 10.8 Å². The summed E-state index contributed by atoms with van der Waals surface area (Å²) in [5.41, 5.74) is 12.9. The van der Waals surface area contributed by atoms with Crippen molar-refractivity contribution in [3.8, 4) is 0 Å². The zero-order valence-electron chi connectivity index (χ0n) is 13.0. The van der Waals surface area contributed by atoms with Crippen molar-refractivity contribution in [3.05, 3.63) is 57.6 Å². The maximum absolute atomic E-state index is 7.39. The second-order valence-corrected chi connectivity index (χ2v) is 8.90. The highest BCUT2D eigenvalue weighted by atomic mass is 35.5. The minimum absolute atomic E-state index is 0.0703. The van der Waals surface area contributed by atoms with Crippen LogP contribution in [0.3, 0.4) is 0 Å². The predicted octanol–water partition coefficient (Wildman–Crippen LogP) is 5.40. The van der Waals surface area contributed by atoms with E-state index in [1.807, 2.05) is 36.4 Å². The summed E-state index contributed by atoms with van der Waals surface area (Å²) in [7, 11) is 0. The molecule has 0 fully saturated rings. The van der Waals surface area contributed by atoms with E-state index in [1.165, 1.54) is 23.5 Å². The molecule has 2 rings (SSSR count). The van der Waals surface area contributed by atoms with Crippen molar-refractivity contribution in [1.29, 1.82) is 10.8 Å². The van der Waals surface area contributed by atoms with Gasteiger partial charge < -0.3 is 11.5 Å². The number of nitrogens with two attached hydrogens (primary N) is 2. The first-order valence-electron chi connectivity index (χ1n) is 7.03. The second-order valence-electron chi connectivity index (χ2n) is 4.91. The molecule has 0 aliphatic heterocycles. The molecule has 25 heavy (non-hydrogen) atoms. The second kappa shape index (κ2) is 9.64. The van der Waals surface area contributed by atoms with Crippen molar-refractivity contribution in [1.82, 2.24) is 0 Å². The zero-order valence-corrected chi connectivity index (χ0v) is 17.0. The molecular weight excluding hydrogens is 415 g/mol. The lowest BCUT2D eigenvalue weighted by atomic mass is 10.2. The molecule has 2 aromatic rings. The van der Waals surface area contributed by atoms with Crippen LogP contribution in [-0.2, 0) is 11.5 Å². The topological polar surface area (TPSA) is 99.7 Å². The highest BCUT2D eigenvalue weighted by molar-refractivity contribution is 8.13. The predicted molar refractivity (Wildman–Crippen MR) is 113 cm³/mol. The van der Waals surface area contributed by atoms with Gasteiger partial charge in [-0.05, 0) is 47.5 Å². The molecule has 0 heterocycles. The number of benzene rings is 2. The lowest BCUT2D eigenvalue weighted by Gasteiger charge is -2.13. The summed E-state index contributed by atoms with van der Waals surface area (Å²) in [5, 5.41) is 16.2. The Morgan fingerprint density at radius 3 is 1.56 bits per heavy atom. The minimum Gasteiger partial charge on any atom is -0.379 e. The molecule has 0 unspecified atom stereocenters. The van der Waals surface area contributed by atoms with Gasteiger partial charge in [-0.3, -0.25) is 10.8 Å². The molecule has 2 aromatic carbocycles. The Morgan fingerprint density at radius 1 is 0.800 bits per heavy atom. The number of amidine groups is 2. The van der Waals surface area contributed by atoms with E-state index in [-0.39, 0.29) is 10.3 Å². The zero-order chi connectivity index (χ0) is 18.4. The Kier molecular flexibility index (Phi) is 7.83. The first kappa shape index (κ1) is 20.3. The Hall–Kier alpha value is -0.990. The number of hydrogen-bond donors (Lipinski definition) is 4. The van der Waals surface area contributed by atoms with E-state index in [4.69, 9.17) is 45.5 Å². The fourth-order valence-corrected chi connectivity index (χ4v) is 4.66. The normalized spacial score (nSPS) is 10.6. The van der Waals surface area contributed by atoms with E-state index < -0.39 is 0 Å². The van der Waals surface area contributed by atoms with Gasteiger partial charge in [0.1, 0.15) is 0 Å². The molecule has 4 nitrogen and oxygen atoms in total. The van der Waals surface area contributed by atoms with E-state index in [0.29, 0.717) is 21.6 Å². The van der Waals surface area contributed by atoms with Crippen molar-refractivity contribution >= 4 is 68.8 Å². The van der Waals surface area contributed by atoms with Crippen LogP contribution in [0.4, 0.5) is 0 Å². The third-order valence-corrected chi connectivity index (χ3v) is 6.27. The van der Waals surface area contributed by atoms with Crippen LogP contribution < -0.4 is 11.5 Å². The fraction of sp³-hybridized carbons (Fsp3) is 0.125. The van der Waals surface area contributed by atoms with E-state index >= 15 is 0 Å². The van der Waals surface area contributed by atoms with Crippen LogP contribution in [0.1, 0.15) is 11.1 Å². The van der Waals surface area contributed by atoms with Gasteiger partial charge >= 0.3 is 0 Å². The lowest BCUT2D eigenvalue weighted by molar-refractivity contribution is 1.23. The van der Waals surface area contributed by atoms with Gasteiger partial charge in [-0.25, -0.2) is 0 Å². The molecule has 0 aliphatic rings. The minimum atomic E-state index is 0.0703. The van der Waals surface area contributed by atoms with Crippen LogP contribution in [0.5, 0.6) is 0 Å². The molecule has 132 valence electrons. The van der Waals surface area contributed by atoms with Gasteiger partial charge in [0.25, 0.3) is 0 Å². The Morgan fingerprint density at radius 2 is 1.20 bits per heavy atom. The van der Waals surface area contributed by atoms with Gasteiger partial charge in [0.15, 0.2) is 10.3 Å².